The van der Waals surface area contributed by atoms with Crippen LogP contribution in [0, 0.1) is 5.82 Å². The van der Waals surface area contributed by atoms with Crippen molar-refractivity contribution in [1.29, 1.82) is 0 Å². The first-order valence-electron chi connectivity index (χ1n) is 9.55. The number of ether oxygens (including phenoxy) is 1. The van der Waals surface area contributed by atoms with Gasteiger partial charge >= 0.3 is 0 Å². The lowest BCUT2D eigenvalue weighted by Crippen LogP contribution is -2.43. The fraction of sp³-hybridized carbons (Fsp3) is 0.261. The zero-order valence-electron chi connectivity index (χ0n) is 15.6. The summed E-state index contributed by atoms with van der Waals surface area (Å²) in [7, 11) is 0. The van der Waals surface area contributed by atoms with Gasteiger partial charge in [-0.15, -0.1) is 0 Å². The summed E-state index contributed by atoms with van der Waals surface area (Å²) in [5.41, 5.74) is 1.63. The molecule has 1 saturated heterocycles. The second-order valence-electron chi connectivity index (χ2n) is 6.99. The van der Waals surface area contributed by atoms with E-state index in [4.69, 9.17) is 4.74 Å². The molecule has 4 nitrogen and oxygen atoms in total. The van der Waals surface area contributed by atoms with Crippen LogP contribution in [-0.2, 0) is 4.74 Å². The van der Waals surface area contributed by atoms with Crippen molar-refractivity contribution in [3.63, 3.8) is 0 Å². The second kappa shape index (κ2) is 8.50. The summed E-state index contributed by atoms with van der Waals surface area (Å²) >= 11 is 0. The van der Waals surface area contributed by atoms with Crippen LogP contribution in [0.25, 0.3) is 10.8 Å². The quantitative estimate of drug-likeness (QED) is 0.735. The summed E-state index contributed by atoms with van der Waals surface area (Å²) in [4.78, 5) is 15.0. The molecule has 0 radical (unpaired) electrons. The van der Waals surface area contributed by atoms with Crippen molar-refractivity contribution >= 4 is 16.7 Å². The van der Waals surface area contributed by atoms with E-state index in [1.165, 1.54) is 12.1 Å². The number of nitrogens with one attached hydrogen (secondary N) is 1. The number of fused-ring (bicyclic) bond motifs is 1. The summed E-state index contributed by atoms with van der Waals surface area (Å²) in [6.45, 7) is 3.35. The molecule has 5 heteroatoms. The van der Waals surface area contributed by atoms with E-state index in [0.717, 1.165) is 29.4 Å². The van der Waals surface area contributed by atoms with Crippen molar-refractivity contribution in [3.8, 4) is 0 Å². The molecule has 0 aliphatic carbocycles. The van der Waals surface area contributed by atoms with Crippen LogP contribution in [0.15, 0.2) is 66.7 Å². The standard InChI is InChI=1S/C23H23FN2O2/c24-21-9-7-18(8-10-21)22(26-11-13-28-14-12-26)16-25-23(27)20-6-5-17-3-1-2-4-19(17)15-20/h1-10,15,22H,11-14,16H2,(H,25,27). The Morgan fingerprint density at radius 1 is 1.00 bits per heavy atom. The molecule has 1 heterocycles. The molecular weight excluding hydrogens is 355 g/mol. The number of hydrogen-bond donors (Lipinski definition) is 1. The Morgan fingerprint density at radius 3 is 2.46 bits per heavy atom. The number of morpholine rings is 1. The molecule has 0 aromatic heterocycles. The van der Waals surface area contributed by atoms with Gasteiger partial charge in [-0.2, -0.15) is 0 Å². The van der Waals surface area contributed by atoms with Crippen LogP contribution in [-0.4, -0.2) is 43.7 Å². The van der Waals surface area contributed by atoms with Gasteiger partial charge < -0.3 is 10.1 Å². The molecule has 1 fully saturated rings. The van der Waals surface area contributed by atoms with Gasteiger partial charge in [0.15, 0.2) is 0 Å². The first kappa shape index (κ1) is 18.6. The number of nitrogens with zero attached hydrogens (tertiary/aromatic N) is 1. The third-order valence-electron chi connectivity index (χ3n) is 5.21. The van der Waals surface area contributed by atoms with E-state index >= 15 is 0 Å². The molecule has 1 aliphatic heterocycles. The minimum atomic E-state index is -0.260. The molecule has 0 bridgehead atoms. The Hall–Kier alpha value is -2.76. The summed E-state index contributed by atoms with van der Waals surface area (Å²) in [6, 6.07) is 20.2. The maximum absolute atomic E-state index is 13.4. The van der Waals surface area contributed by atoms with Gasteiger partial charge in [-0.05, 0) is 40.6 Å². The molecule has 1 aliphatic rings. The van der Waals surface area contributed by atoms with Crippen molar-refractivity contribution in [2.24, 2.45) is 0 Å². The van der Waals surface area contributed by atoms with Gasteiger partial charge in [-0.25, -0.2) is 4.39 Å². The number of benzene rings is 3. The molecule has 28 heavy (non-hydrogen) atoms. The average molecular weight is 378 g/mol. The topological polar surface area (TPSA) is 41.6 Å². The second-order valence-corrected chi connectivity index (χ2v) is 6.99. The fourth-order valence-corrected chi connectivity index (χ4v) is 3.65. The minimum Gasteiger partial charge on any atom is -0.379 e. The molecule has 1 atom stereocenters. The highest BCUT2D eigenvalue weighted by Crippen LogP contribution is 2.22. The molecule has 0 saturated carbocycles. The number of carbonyl (C=O) groups excluding carboxylic acids is 1. The first-order chi connectivity index (χ1) is 13.7. The molecule has 1 amide bonds. The van der Waals surface area contributed by atoms with Gasteiger partial charge in [0.05, 0.1) is 19.3 Å². The van der Waals surface area contributed by atoms with Crippen LogP contribution >= 0.6 is 0 Å². The predicted octanol–water partition coefficient (Wildman–Crippen LogP) is 3.78. The van der Waals surface area contributed by atoms with Gasteiger partial charge in [0, 0.05) is 25.2 Å². The van der Waals surface area contributed by atoms with Crippen LogP contribution in [0.3, 0.4) is 0 Å². The maximum atomic E-state index is 13.4. The van der Waals surface area contributed by atoms with E-state index in [0.29, 0.717) is 25.3 Å². The van der Waals surface area contributed by atoms with Crippen LogP contribution in [0.4, 0.5) is 4.39 Å². The molecule has 3 aromatic carbocycles. The number of carbonyl (C=O) groups is 1. The monoisotopic (exact) mass is 378 g/mol. The Kier molecular flexibility index (Phi) is 5.65. The lowest BCUT2D eigenvalue weighted by atomic mass is 10.0. The number of rotatable bonds is 5. The van der Waals surface area contributed by atoms with Gasteiger partial charge in [0.1, 0.15) is 5.82 Å². The Labute approximate surface area is 163 Å². The predicted molar refractivity (Wildman–Crippen MR) is 108 cm³/mol. The van der Waals surface area contributed by atoms with E-state index in [1.807, 2.05) is 42.5 Å². The van der Waals surface area contributed by atoms with Crippen molar-refractivity contribution < 1.29 is 13.9 Å². The summed E-state index contributed by atoms with van der Waals surface area (Å²) in [5, 5.41) is 5.21. The van der Waals surface area contributed by atoms with Crippen LogP contribution in [0.1, 0.15) is 22.0 Å². The smallest absolute Gasteiger partial charge is 0.251 e. The Morgan fingerprint density at radius 2 is 1.71 bits per heavy atom. The van der Waals surface area contributed by atoms with Gasteiger partial charge in [0.25, 0.3) is 5.91 Å². The zero-order valence-corrected chi connectivity index (χ0v) is 15.6. The Bertz CT molecular complexity index is 952. The van der Waals surface area contributed by atoms with Gasteiger partial charge in [0.2, 0.25) is 0 Å². The maximum Gasteiger partial charge on any atom is 0.251 e. The molecular formula is C23H23FN2O2. The lowest BCUT2D eigenvalue weighted by Gasteiger charge is -2.35. The molecule has 3 aromatic rings. The molecule has 0 spiro atoms. The highest BCUT2D eigenvalue weighted by Gasteiger charge is 2.23. The van der Waals surface area contributed by atoms with Crippen molar-refractivity contribution in [2.75, 3.05) is 32.8 Å². The summed E-state index contributed by atoms with van der Waals surface area (Å²) in [5.74, 6) is -0.365. The molecule has 1 unspecified atom stereocenters. The normalized spacial score (nSPS) is 16.0. The van der Waals surface area contributed by atoms with Crippen molar-refractivity contribution in [2.45, 2.75) is 6.04 Å². The van der Waals surface area contributed by atoms with Crippen molar-refractivity contribution in [3.05, 3.63) is 83.7 Å². The zero-order chi connectivity index (χ0) is 19.3. The Balaban J connectivity index is 1.50. The van der Waals surface area contributed by atoms with Gasteiger partial charge in [-0.3, -0.25) is 9.69 Å². The average Bonchev–Trinajstić information content (AvgIpc) is 2.75. The molecule has 4 rings (SSSR count). The number of hydrogen-bond acceptors (Lipinski definition) is 3. The summed E-state index contributed by atoms with van der Waals surface area (Å²) < 4.78 is 18.8. The SMILES string of the molecule is O=C(NCC(c1ccc(F)cc1)N1CCOCC1)c1ccc2ccccc2c1. The molecule has 144 valence electrons. The van der Waals surface area contributed by atoms with Crippen molar-refractivity contribution in [1.82, 2.24) is 10.2 Å². The van der Waals surface area contributed by atoms with Crippen LogP contribution in [0.5, 0.6) is 0 Å². The van der Waals surface area contributed by atoms with E-state index < -0.39 is 0 Å². The third kappa shape index (κ3) is 4.21. The number of amides is 1. The van der Waals surface area contributed by atoms with E-state index in [1.54, 1.807) is 12.1 Å². The van der Waals surface area contributed by atoms with Crippen LogP contribution in [0.2, 0.25) is 0 Å². The largest absolute Gasteiger partial charge is 0.379 e. The molecule has 1 N–H and O–H groups in total. The van der Waals surface area contributed by atoms with Crippen LogP contribution < -0.4 is 5.32 Å². The first-order valence-corrected chi connectivity index (χ1v) is 9.55. The highest BCUT2D eigenvalue weighted by atomic mass is 19.1. The van der Waals surface area contributed by atoms with E-state index in [2.05, 4.69) is 10.2 Å². The number of halogens is 1. The van der Waals surface area contributed by atoms with E-state index in [9.17, 15) is 9.18 Å². The highest BCUT2D eigenvalue weighted by molar-refractivity contribution is 5.98. The summed E-state index contributed by atoms with van der Waals surface area (Å²) in [6.07, 6.45) is 0. The lowest BCUT2D eigenvalue weighted by molar-refractivity contribution is 0.0162. The van der Waals surface area contributed by atoms with E-state index in [-0.39, 0.29) is 17.8 Å². The fourth-order valence-electron chi connectivity index (χ4n) is 3.65. The van der Waals surface area contributed by atoms with Gasteiger partial charge in [-0.1, -0.05) is 42.5 Å². The minimum absolute atomic E-state index is 0.0195. The third-order valence-corrected chi connectivity index (χ3v) is 5.21.